The van der Waals surface area contributed by atoms with Crippen molar-refractivity contribution in [3.05, 3.63) is 99.3 Å². The van der Waals surface area contributed by atoms with Gasteiger partial charge in [0.05, 0.1) is 19.3 Å². The molecule has 0 aliphatic rings. The highest BCUT2D eigenvalue weighted by Crippen LogP contribution is 2.34. The van der Waals surface area contributed by atoms with Crippen LogP contribution >= 0.6 is 11.6 Å². The van der Waals surface area contributed by atoms with Crippen LogP contribution in [0.5, 0.6) is 5.75 Å². The zero-order chi connectivity index (χ0) is 24.8. The number of nitrogens with zero attached hydrogens (tertiary/aromatic N) is 1. The third-order valence-corrected chi connectivity index (χ3v) is 6.06. The lowest BCUT2D eigenvalue weighted by molar-refractivity contribution is 0.0985. The summed E-state index contributed by atoms with van der Waals surface area (Å²) in [6.07, 6.45) is 1.92. The Morgan fingerprint density at radius 1 is 1.03 bits per heavy atom. The molecule has 4 rings (SSSR count). The number of hydrogen-bond donors (Lipinski definition) is 2. The number of amides is 1. The molecule has 0 saturated heterocycles. The molecule has 0 atom stereocenters. The van der Waals surface area contributed by atoms with E-state index in [-0.39, 0.29) is 18.0 Å². The molecule has 0 aliphatic carbocycles. The minimum absolute atomic E-state index is 0.206. The van der Waals surface area contributed by atoms with Gasteiger partial charge in [0.15, 0.2) is 0 Å². The number of aromatic nitrogens is 1. The van der Waals surface area contributed by atoms with Crippen LogP contribution in [0, 0.1) is 0 Å². The number of H-pyrrole nitrogens is 1. The van der Waals surface area contributed by atoms with Crippen LogP contribution in [0.15, 0.2) is 77.6 Å². The van der Waals surface area contributed by atoms with Crippen molar-refractivity contribution in [1.29, 1.82) is 0 Å². The van der Waals surface area contributed by atoms with Crippen LogP contribution in [0.3, 0.4) is 0 Å². The van der Waals surface area contributed by atoms with E-state index < -0.39 is 0 Å². The molecule has 0 unspecified atom stereocenters. The highest BCUT2D eigenvalue weighted by atomic mass is 35.5. The van der Waals surface area contributed by atoms with Gasteiger partial charge in [-0.3, -0.25) is 14.5 Å². The number of halogens is 1. The van der Waals surface area contributed by atoms with Crippen molar-refractivity contribution in [3.63, 3.8) is 0 Å². The largest absolute Gasteiger partial charge is 0.497 e. The summed E-state index contributed by atoms with van der Waals surface area (Å²) in [6.45, 7) is 3.05. The summed E-state index contributed by atoms with van der Waals surface area (Å²) in [4.78, 5) is 31.5. The second-order valence-electron chi connectivity index (χ2n) is 8.25. The van der Waals surface area contributed by atoms with Crippen molar-refractivity contribution in [2.75, 3.05) is 23.9 Å². The molecule has 3 aromatic carbocycles. The van der Waals surface area contributed by atoms with E-state index in [4.69, 9.17) is 16.3 Å². The Labute approximate surface area is 209 Å². The molecule has 0 radical (unpaired) electrons. The molecule has 180 valence electrons. The number of fused-ring (bicyclic) bond motifs is 1. The molecule has 0 bridgehead atoms. The lowest BCUT2D eigenvalue weighted by Gasteiger charge is -2.27. The van der Waals surface area contributed by atoms with E-state index in [0.717, 1.165) is 24.2 Å². The fourth-order valence-corrected chi connectivity index (χ4v) is 4.19. The van der Waals surface area contributed by atoms with E-state index >= 15 is 0 Å². The summed E-state index contributed by atoms with van der Waals surface area (Å²) >= 11 is 6.22. The summed E-state index contributed by atoms with van der Waals surface area (Å²) in [5.41, 5.74) is 1.79. The average Bonchev–Trinajstić information content (AvgIpc) is 2.88. The second-order valence-corrected chi connectivity index (χ2v) is 8.69. The molecule has 0 fully saturated rings. The molecule has 0 saturated carbocycles. The maximum atomic E-state index is 14.0. The Morgan fingerprint density at radius 3 is 2.46 bits per heavy atom. The molecule has 1 aromatic heterocycles. The normalized spacial score (nSPS) is 10.8. The number of ether oxygens (including phenoxy) is 1. The third kappa shape index (κ3) is 5.49. The standard InChI is InChI=1S/C28H28ClN3O3/c1-3-4-16-30-26-25(23-10-5-6-11-24(23)27(33)31-26)32(18-19-12-14-22(35-2)15-13-19)28(34)20-8-7-9-21(29)17-20/h5-15,17H,3-4,16,18H2,1-2H3,(H2,30,31,33). The Balaban J connectivity index is 1.90. The number of rotatable bonds is 9. The van der Waals surface area contributed by atoms with Crippen molar-refractivity contribution >= 4 is 39.8 Å². The molecule has 6 nitrogen and oxygen atoms in total. The third-order valence-electron chi connectivity index (χ3n) is 5.82. The summed E-state index contributed by atoms with van der Waals surface area (Å²) < 4.78 is 5.29. The minimum Gasteiger partial charge on any atom is -0.497 e. The highest BCUT2D eigenvalue weighted by Gasteiger charge is 2.25. The van der Waals surface area contributed by atoms with E-state index in [1.807, 2.05) is 42.5 Å². The van der Waals surface area contributed by atoms with Gasteiger partial charge in [-0.25, -0.2) is 0 Å². The minimum atomic E-state index is -0.223. The zero-order valence-electron chi connectivity index (χ0n) is 19.8. The van der Waals surface area contributed by atoms with Crippen molar-refractivity contribution in [2.45, 2.75) is 26.3 Å². The van der Waals surface area contributed by atoms with Crippen LogP contribution in [-0.2, 0) is 6.54 Å². The van der Waals surface area contributed by atoms with Crippen molar-refractivity contribution in [2.24, 2.45) is 0 Å². The number of benzene rings is 3. The van der Waals surface area contributed by atoms with Gasteiger partial charge < -0.3 is 15.0 Å². The number of aromatic amines is 1. The Kier molecular flexibility index (Phi) is 7.73. The van der Waals surface area contributed by atoms with Gasteiger partial charge in [0.1, 0.15) is 11.6 Å². The van der Waals surface area contributed by atoms with E-state index in [1.165, 1.54) is 0 Å². The van der Waals surface area contributed by atoms with Crippen LogP contribution in [0.1, 0.15) is 35.7 Å². The van der Waals surface area contributed by atoms with Gasteiger partial charge in [0.2, 0.25) is 0 Å². The number of methoxy groups -OCH3 is 1. The SMILES string of the molecule is CCCCNc1[nH]c(=O)c2ccccc2c1N(Cc1ccc(OC)cc1)C(=O)c1cccc(Cl)c1. The van der Waals surface area contributed by atoms with Crippen LogP contribution in [0.4, 0.5) is 11.5 Å². The number of anilines is 2. The van der Waals surface area contributed by atoms with Gasteiger partial charge in [0, 0.05) is 27.9 Å². The van der Waals surface area contributed by atoms with Crippen LogP contribution in [-0.4, -0.2) is 24.5 Å². The maximum absolute atomic E-state index is 14.0. The van der Waals surface area contributed by atoms with Crippen molar-refractivity contribution in [3.8, 4) is 5.75 Å². The smallest absolute Gasteiger partial charge is 0.258 e. The predicted molar refractivity (Wildman–Crippen MR) is 143 cm³/mol. The second kappa shape index (κ2) is 11.1. The fraction of sp³-hybridized carbons (Fsp3) is 0.214. The van der Waals surface area contributed by atoms with Crippen LogP contribution in [0.2, 0.25) is 5.02 Å². The van der Waals surface area contributed by atoms with E-state index in [1.54, 1.807) is 42.3 Å². The van der Waals surface area contributed by atoms with Crippen molar-refractivity contribution < 1.29 is 9.53 Å². The number of carbonyl (C=O) groups is 1. The first-order chi connectivity index (χ1) is 17.0. The van der Waals surface area contributed by atoms with Crippen LogP contribution < -0.4 is 20.5 Å². The fourth-order valence-electron chi connectivity index (χ4n) is 4.00. The van der Waals surface area contributed by atoms with Gasteiger partial charge in [0.25, 0.3) is 11.5 Å². The molecule has 7 heteroatoms. The molecular formula is C28H28ClN3O3. The predicted octanol–water partition coefficient (Wildman–Crippen LogP) is 6.25. The van der Waals surface area contributed by atoms with E-state index in [2.05, 4.69) is 17.2 Å². The summed E-state index contributed by atoms with van der Waals surface area (Å²) in [5, 5.41) is 5.04. The summed E-state index contributed by atoms with van der Waals surface area (Å²) in [6, 6.07) is 21.8. The molecule has 0 aliphatic heterocycles. The van der Waals surface area contributed by atoms with Gasteiger partial charge in [-0.2, -0.15) is 0 Å². The molecule has 35 heavy (non-hydrogen) atoms. The Hall–Kier alpha value is -3.77. The number of carbonyl (C=O) groups excluding carboxylic acids is 1. The number of nitrogens with one attached hydrogen (secondary N) is 2. The number of unbranched alkanes of at least 4 members (excludes halogenated alkanes) is 1. The first-order valence-corrected chi connectivity index (χ1v) is 12.0. The summed E-state index contributed by atoms with van der Waals surface area (Å²) in [7, 11) is 1.62. The lowest BCUT2D eigenvalue weighted by Crippen LogP contribution is -2.32. The highest BCUT2D eigenvalue weighted by molar-refractivity contribution is 6.31. The molecular weight excluding hydrogens is 462 g/mol. The van der Waals surface area contributed by atoms with E-state index in [0.29, 0.717) is 39.4 Å². The lowest BCUT2D eigenvalue weighted by atomic mass is 10.1. The van der Waals surface area contributed by atoms with Crippen LogP contribution in [0.25, 0.3) is 10.8 Å². The Bertz CT molecular complexity index is 1380. The van der Waals surface area contributed by atoms with Gasteiger partial charge >= 0.3 is 0 Å². The monoisotopic (exact) mass is 489 g/mol. The molecule has 1 amide bonds. The first-order valence-electron chi connectivity index (χ1n) is 11.6. The zero-order valence-corrected chi connectivity index (χ0v) is 20.6. The number of hydrogen-bond acceptors (Lipinski definition) is 4. The van der Waals surface area contributed by atoms with E-state index in [9.17, 15) is 9.59 Å². The van der Waals surface area contributed by atoms with Crippen molar-refractivity contribution in [1.82, 2.24) is 4.98 Å². The average molecular weight is 490 g/mol. The van der Waals surface area contributed by atoms with Gasteiger partial charge in [-0.15, -0.1) is 0 Å². The number of pyridine rings is 1. The molecule has 4 aromatic rings. The first kappa shape index (κ1) is 24.4. The summed E-state index contributed by atoms with van der Waals surface area (Å²) in [5.74, 6) is 1.03. The van der Waals surface area contributed by atoms with Gasteiger partial charge in [-0.05, 0) is 48.4 Å². The topological polar surface area (TPSA) is 74.4 Å². The molecule has 2 N–H and O–H groups in total. The quantitative estimate of drug-likeness (QED) is 0.272. The molecule has 0 spiro atoms. The maximum Gasteiger partial charge on any atom is 0.258 e. The van der Waals surface area contributed by atoms with Gasteiger partial charge in [-0.1, -0.05) is 61.3 Å². The molecule has 1 heterocycles. The Morgan fingerprint density at radius 2 is 1.77 bits per heavy atom.